The van der Waals surface area contributed by atoms with Crippen LogP contribution >= 0.6 is 23.2 Å². The molecule has 1 atom stereocenters. The zero-order valence-electron chi connectivity index (χ0n) is 21.5. The van der Waals surface area contributed by atoms with E-state index in [0.717, 1.165) is 15.4 Å². The Morgan fingerprint density at radius 1 is 0.921 bits per heavy atom. The summed E-state index contributed by atoms with van der Waals surface area (Å²) in [4.78, 5) is 28.3. The molecule has 3 aromatic rings. The molecule has 3 aromatic carbocycles. The smallest absolute Gasteiger partial charge is 0.264 e. The lowest BCUT2D eigenvalue weighted by Gasteiger charge is -2.33. The average molecular weight is 577 g/mol. The second kappa shape index (κ2) is 13.1. The molecule has 3 rings (SSSR count). The van der Waals surface area contributed by atoms with Crippen LogP contribution in [0.1, 0.15) is 31.4 Å². The molecule has 0 heterocycles. The number of carbonyl (C=O) groups excluding carboxylic acids is 2. The maximum atomic E-state index is 13.9. The molecular formula is C28H31Cl2N3O4S. The number of likely N-dealkylation sites (N-methyl/N-ethyl adjacent to an activating group) is 1. The first-order valence-electron chi connectivity index (χ1n) is 12.2. The molecule has 0 aliphatic heterocycles. The number of hydrogen-bond acceptors (Lipinski definition) is 4. The SMILES string of the molecule is CCNC(=O)[C@@H](CC)N(Cc1ccccc1)C(=O)CN(c1ccc(Cl)c(Cl)c1)S(=O)(=O)c1ccc(C)cc1. The van der Waals surface area contributed by atoms with Crippen LogP contribution in [-0.4, -0.2) is 44.3 Å². The fourth-order valence-electron chi connectivity index (χ4n) is 4.00. The minimum absolute atomic E-state index is 0.0207. The van der Waals surface area contributed by atoms with E-state index in [2.05, 4.69) is 5.32 Å². The lowest BCUT2D eigenvalue weighted by atomic mass is 10.1. The standard InChI is InChI=1S/C28H31Cl2N3O4S/c1-4-26(28(35)31-5-2)32(18-21-9-7-6-8-10-21)27(34)19-33(22-13-16-24(29)25(30)17-22)38(36,37)23-14-11-20(3)12-15-23/h6-17,26H,4-5,18-19H2,1-3H3,(H,31,35)/t26-/m1/s1. The van der Waals surface area contributed by atoms with Crippen LogP contribution in [0.4, 0.5) is 5.69 Å². The number of aryl methyl sites for hydroxylation is 1. The van der Waals surface area contributed by atoms with Gasteiger partial charge in [0.05, 0.1) is 20.6 Å². The summed E-state index contributed by atoms with van der Waals surface area (Å²) in [6.45, 7) is 5.45. The van der Waals surface area contributed by atoms with Crippen molar-refractivity contribution in [3.8, 4) is 0 Å². The molecule has 0 aliphatic rings. The second-order valence-corrected chi connectivity index (χ2v) is 11.4. The quantitative estimate of drug-likeness (QED) is 0.330. The van der Waals surface area contributed by atoms with Crippen molar-refractivity contribution in [2.45, 2.75) is 44.7 Å². The van der Waals surface area contributed by atoms with Crippen molar-refractivity contribution in [3.05, 3.63) is 94.0 Å². The highest BCUT2D eigenvalue weighted by Crippen LogP contribution is 2.31. The van der Waals surface area contributed by atoms with Gasteiger partial charge in [0.1, 0.15) is 12.6 Å². The van der Waals surface area contributed by atoms with E-state index in [1.165, 1.54) is 35.2 Å². The normalized spacial score (nSPS) is 12.0. The van der Waals surface area contributed by atoms with Gasteiger partial charge in [-0.3, -0.25) is 13.9 Å². The third-order valence-electron chi connectivity index (χ3n) is 6.01. The number of amides is 2. The Balaban J connectivity index is 2.07. The molecule has 0 aliphatic carbocycles. The largest absolute Gasteiger partial charge is 0.355 e. The molecule has 38 heavy (non-hydrogen) atoms. The minimum atomic E-state index is -4.18. The van der Waals surface area contributed by atoms with Gasteiger partial charge in [0.2, 0.25) is 11.8 Å². The van der Waals surface area contributed by atoms with Crippen LogP contribution in [0.3, 0.4) is 0 Å². The van der Waals surface area contributed by atoms with Crippen molar-refractivity contribution in [2.75, 3.05) is 17.4 Å². The number of nitrogens with one attached hydrogen (secondary N) is 1. The fourth-order valence-corrected chi connectivity index (χ4v) is 5.70. The van der Waals surface area contributed by atoms with E-state index in [-0.39, 0.29) is 33.1 Å². The van der Waals surface area contributed by atoms with Crippen LogP contribution in [0.5, 0.6) is 0 Å². The van der Waals surface area contributed by atoms with Crippen molar-refractivity contribution < 1.29 is 18.0 Å². The first kappa shape index (κ1) is 29.5. The van der Waals surface area contributed by atoms with E-state index in [9.17, 15) is 18.0 Å². The van der Waals surface area contributed by atoms with Crippen LogP contribution in [0.2, 0.25) is 10.0 Å². The molecular weight excluding hydrogens is 545 g/mol. The lowest BCUT2D eigenvalue weighted by molar-refractivity contribution is -0.140. The Morgan fingerprint density at radius 2 is 1.58 bits per heavy atom. The number of anilines is 1. The van der Waals surface area contributed by atoms with E-state index in [1.807, 2.05) is 44.2 Å². The number of benzene rings is 3. The first-order chi connectivity index (χ1) is 18.1. The fraction of sp³-hybridized carbons (Fsp3) is 0.286. The molecule has 0 saturated carbocycles. The summed E-state index contributed by atoms with van der Waals surface area (Å²) in [5.41, 5.74) is 1.88. The Morgan fingerprint density at radius 3 is 2.16 bits per heavy atom. The van der Waals surface area contributed by atoms with Crippen LogP contribution < -0.4 is 9.62 Å². The molecule has 1 N–H and O–H groups in total. The minimum Gasteiger partial charge on any atom is -0.355 e. The van der Waals surface area contributed by atoms with Gasteiger partial charge < -0.3 is 10.2 Å². The number of carbonyl (C=O) groups is 2. The summed E-state index contributed by atoms with van der Waals surface area (Å²) in [5, 5.41) is 3.18. The van der Waals surface area contributed by atoms with Gasteiger partial charge >= 0.3 is 0 Å². The predicted octanol–water partition coefficient (Wildman–Crippen LogP) is 5.44. The van der Waals surface area contributed by atoms with E-state index >= 15 is 0 Å². The number of nitrogens with zero attached hydrogens (tertiary/aromatic N) is 2. The van der Waals surface area contributed by atoms with Crippen molar-refractivity contribution in [1.29, 1.82) is 0 Å². The van der Waals surface area contributed by atoms with Gasteiger partial charge in [-0.15, -0.1) is 0 Å². The van der Waals surface area contributed by atoms with Gasteiger partial charge in [-0.05, 0) is 56.2 Å². The number of sulfonamides is 1. The Hall–Kier alpha value is -3.07. The van der Waals surface area contributed by atoms with Gasteiger partial charge in [-0.2, -0.15) is 0 Å². The Bertz CT molecular complexity index is 1370. The van der Waals surface area contributed by atoms with E-state index in [4.69, 9.17) is 23.2 Å². The Labute approximate surface area is 234 Å². The summed E-state index contributed by atoms with van der Waals surface area (Å²) in [5.74, 6) is -0.838. The van der Waals surface area contributed by atoms with Crippen molar-refractivity contribution in [3.63, 3.8) is 0 Å². The number of hydrogen-bond donors (Lipinski definition) is 1. The number of rotatable bonds is 11. The summed E-state index contributed by atoms with van der Waals surface area (Å²) < 4.78 is 28.7. The molecule has 0 saturated heterocycles. The molecule has 0 spiro atoms. The van der Waals surface area contributed by atoms with Gasteiger partial charge in [0.15, 0.2) is 0 Å². The molecule has 2 amide bonds. The van der Waals surface area contributed by atoms with Gasteiger partial charge in [0.25, 0.3) is 10.0 Å². The lowest BCUT2D eigenvalue weighted by Crippen LogP contribution is -2.52. The highest BCUT2D eigenvalue weighted by molar-refractivity contribution is 7.92. The molecule has 0 unspecified atom stereocenters. The molecule has 0 fully saturated rings. The molecule has 0 aromatic heterocycles. The third-order valence-corrected chi connectivity index (χ3v) is 8.54. The van der Waals surface area contributed by atoms with Crippen LogP contribution in [0.25, 0.3) is 0 Å². The van der Waals surface area contributed by atoms with Crippen molar-refractivity contribution in [1.82, 2.24) is 10.2 Å². The van der Waals surface area contributed by atoms with Crippen molar-refractivity contribution >= 4 is 50.7 Å². The highest BCUT2D eigenvalue weighted by atomic mass is 35.5. The van der Waals surface area contributed by atoms with Crippen LogP contribution in [-0.2, 0) is 26.2 Å². The van der Waals surface area contributed by atoms with Gasteiger partial charge in [-0.1, -0.05) is 78.2 Å². The summed E-state index contributed by atoms with van der Waals surface area (Å²) in [6.07, 6.45) is 0.349. The maximum Gasteiger partial charge on any atom is 0.264 e. The summed E-state index contributed by atoms with van der Waals surface area (Å²) >= 11 is 12.3. The average Bonchev–Trinajstić information content (AvgIpc) is 2.89. The monoisotopic (exact) mass is 575 g/mol. The summed E-state index contributed by atoms with van der Waals surface area (Å²) in [7, 11) is -4.18. The molecule has 202 valence electrons. The van der Waals surface area contributed by atoms with Gasteiger partial charge in [-0.25, -0.2) is 8.42 Å². The number of halogens is 2. The van der Waals surface area contributed by atoms with E-state index in [1.54, 1.807) is 19.1 Å². The topological polar surface area (TPSA) is 86.8 Å². The van der Waals surface area contributed by atoms with E-state index in [0.29, 0.717) is 13.0 Å². The van der Waals surface area contributed by atoms with Crippen LogP contribution in [0.15, 0.2) is 77.7 Å². The molecule has 10 heteroatoms. The molecule has 7 nitrogen and oxygen atoms in total. The van der Waals surface area contributed by atoms with E-state index < -0.39 is 28.5 Å². The van der Waals surface area contributed by atoms with Gasteiger partial charge in [0, 0.05) is 13.1 Å². The highest BCUT2D eigenvalue weighted by Gasteiger charge is 2.33. The third kappa shape index (κ3) is 7.07. The molecule has 0 radical (unpaired) electrons. The zero-order valence-corrected chi connectivity index (χ0v) is 23.9. The summed E-state index contributed by atoms with van der Waals surface area (Å²) in [6, 6.07) is 19.2. The molecule has 0 bridgehead atoms. The first-order valence-corrected chi connectivity index (χ1v) is 14.4. The van der Waals surface area contributed by atoms with Crippen LogP contribution in [0, 0.1) is 6.92 Å². The zero-order chi connectivity index (χ0) is 27.9. The second-order valence-electron chi connectivity index (χ2n) is 8.75. The predicted molar refractivity (Wildman–Crippen MR) is 152 cm³/mol. The maximum absolute atomic E-state index is 13.9. The Kier molecular flexibility index (Phi) is 10.2. The van der Waals surface area contributed by atoms with Crippen molar-refractivity contribution in [2.24, 2.45) is 0 Å².